The van der Waals surface area contributed by atoms with E-state index in [1.807, 2.05) is 0 Å². The fraction of sp³-hybridized carbons (Fsp3) is 0.957. The largest absolute Gasteiger partial charge is 0.481 e. The SMILES string of the molecule is CCC(=O)O.CCCCCCCCCCCCCCOC(CC)NCCCN. The maximum Gasteiger partial charge on any atom is 0.303 e. The molecule has 0 aromatic rings. The minimum Gasteiger partial charge on any atom is -0.481 e. The molecule has 4 N–H and O–H groups in total. The summed E-state index contributed by atoms with van der Waals surface area (Å²) in [4.78, 5) is 9.37. The average molecular weight is 403 g/mol. The highest BCUT2D eigenvalue weighted by molar-refractivity contribution is 5.66. The quantitative estimate of drug-likeness (QED) is 0.175. The predicted molar refractivity (Wildman–Crippen MR) is 121 cm³/mol. The third kappa shape index (κ3) is 27.6. The normalized spacial score (nSPS) is 11.7. The van der Waals surface area contributed by atoms with Gasteiger partial charge in [-0.25, -0.2) is 0 Å². The summed E-state index contributed by atoms with van der Waals surface area (Å²) < 4.78 is 5.88. The first-order valence-electron chi connectivity index (χ1n) is 11.9. The van der Waals surface area contributed by atoms with Gasteiger partial charge in [-0.2, -0.15) is 0 Å². The smallest absolute Gasteiger partial charge is 0.303 e. The number of rotatable bonds is 20. The van der Waals surface area contributed by atoms with E-state index in [-0.39, 0.29) is 12.6 Å². The van der Waals surface area contributed by atoms with Crippen molar-refractivity contribution in [3.63, 3.8) is 0 Å². The van der Waals surface area contributed by atoms with Crippen molar-refractivity contribution in [1.29, 1.82) is 0 Å². The van der Waals surface area contributed by atoms with Crippen LogP contribution in [0.5, 0.6) is 0 Å². The molecule has 0 spiro atoms. The molecule has 0 saturated heterocycles. The highest BCUT2D eigenvalue weighted by Gasteiger charge is 2.04. The van der Waals surface area contributed by atoms with Crippen LogP contribution in [0.4, 0.5) is 0 Å². The molecule has 5 heteroatoms. The molecule has 1 atom stereocenters. The molecule has 0 aliphatic heterocycles. The van der Waals surface area contributed by atoms with Gasteiger partial charge in [-0.3, -0.25) is 10.1 Å². The van der Waals surface area contributed by atoms with Gasteiger partial charge in [-0.1, -0.05) is 91.4 Å². The number of ether oxygens (including phenoxy) is 1. The average Bonchev–Trinajstić information content (AvgIpc) is 2.70. The second-order valence-electron chi connectivity index (χ2n) is 7.50. The van der Waals surface area contributed by atoms with E-state index in [1.54, 1.807) is 6.92 Å². The molecule has 28 heavy (non-hydrogen) atoms. The molecular formula is C23H50N2O3. The summed E-state index contributed by atoms with van der Waals surface area (Å²) in [7, 11) is 0. The Hall–Kier alpha value is -0.650. The zero-order chi connectivity index (χ0) is 21.3. The summed E-state index contributed by atoms with van der Waals surface area (Å²) in [5, 5.41) is 11.1. The Kier molecular flexibility index (Phi) is 27.8. The molecular weight excluding hydrogens is 352 g/mol. The third-order valence-corrected chi connectivity index (χ3v) is 4.74. The van der Waals surface area contributed by atoms with Crippen LogP contribution in [0, 0.1) is 0 Å². The van der Waals surface area contributed by atoms with E-state index in [9.17, 15) is 4.79 Å². The lowest BCUT2D eigenvalue weighted by molar-refractivity contribution is -0.136. The molecule has 1 unspecified atom stereocenters. The molecule has 0 saturated carbocycles. The van der Waals surface area contributed by atoms with Gasteiger partial charge in [0.05, 0.1) is 0 Å². The van der Waals surface area contributed by atoms with E-state index >= 15 is 0 Å². The van der Waals surface area contributed by atoms with Crippen molar-refractivity contribution < 1.29 is 14.6 Å². The van der Waals surface area contributed by atoms with E-state index in [0.717, 1.165) is 32.5 Å². The van der Waals surface area contributed by atoms with E-state index in [4.69, 9.17) is 15.6 Å². The van der Waals surface area contributed by atoms with E-state index < -0.39 is 5.97 Å². The van der Waals surface area contributed by atoms with Gasteiger partial charge in [0.1, 0.15) is 6.23 Å². The van der Waals surface area contributed by atoms with Gasteiger partial charge in [0.2, 0.25) is 0 Å². The van der Waals surface area contributed by atoms with Crippen LogP contribution in [0.2, 0.25) is 0 Å². The van der Waals surface area contributed by atoms with Crippen LogP contribution >= 0.6 is 0 Å². The van der Waals surface area contributed by atoms with Crippen LogP contribution in [0.1, 0.15) is 117 Å². The number of carboxylic acids is 1. The first-order valence-corrected chi connectivity index (χ1v) is 11.9. The van der Waals surface area contributed by atoms with Crippen molar-refractivity contribution in [2.24, 2.45) is 5.73 Å². The van der Waals surface area contributed by atoms with Crippen molar-refractivity contribution in [3.8, 4) is 0 Å². The van der Waals surface area contributed by atoms with Crippen molar-refractivity contribution in [1.82, 2.24) is 5.32 Å². The number of hydrogen-bond donors (Lipinski definition) is 3. The summed E-state index contributed by atoms with van der Waals surface area (Å²) in [6, 6.07) is 0. The number of nitrogens with two attached hydrogens (primary N) is 1. The Morgan fingerprint density at radius 2 is 1.32 bits per heavy atom. The number of carboxylic acid groups (broad SMARTS) is 1. The van der Waals surface area contributed by atoms with E-state index in [2.05, 4.69) is 19.2 Å². The number of nitrogens with one attached hydrogen (secondary N) is 1. The molecule has 170 valence electrons. The lowest BCUT2D eigenvalue weighted by Crippen LogP contribution is -2.33. The Morgan fingerprint density at radius 1 is 0.857 bits per heavy atom. The van der Waals surface area contributed by atoms with Gasteiger partial charge < -0.3 is 15.6 Å². The molecule has 0 bridgehead atoms. The van der Waals surface area contributed by atoms with Gasteiger partial charge in [0.15, 0.2) is 0 Å². The first kappa shape index (κ1) is 29.6. The molecule has 0 amide bonds. The van der Waals surface area contributed by atoms with E-state index in [0.29, 0.717) is 0 Å². The first-order chi connectivity index (χ1) is 13.6. The number of hydrogen-bond acceptors (Lipinski definition) is 4. The van der Waals surface area contributed by atoms with Crippen LogP contribution in [0.3, 0.4) is 0 Å². The van der Waals surface area contributed by atoms with Crippen molar-refractivity contribution >= 4 is 5.97 Å². The molecule has 0 rings (SSSR count). The second-order valence-corrected chi connectivity index (χ2v) is 7.50. The van der Waals surface area contributed by atoms with Gasteiger partial charge in [0.25, 0.3) is 0 Å². The molecule has 0 aliphatic rings. The minimum absolute atomic E-state index is 0.217. The van der Waals surface area contributed by atoms with Crippen LogP contribution in [0.15, 0.2) is 0 Å². The number of unbranched alkanes of at least 4 members (excludes halogenated alkanes) is 11. The zero-order valence-electron chi connectivity index (χ0n) is 19.1. The maximum absolute atomic E-state index is 9.37. The fourth-order valence-electron chi connectivity index (χ4n) is 2.85. The summed E-state index contributed by atoms with van der Waals surface area (Å²) >= 11 is 0. The number of aliphatic carboxylic acids is 1. The highest BCUT2D eigenvalue weighted by Crippen LogP contribution is 2.12. The summed E-state index contributed by atoms with van der Waals surface area (Å²) in [6.07, 6.45) is 19.2. The lowest BCUT2D eigenvalue weighted by Gasteiger charge is -2.17. The van der Waals surface area contributed by atoms with Crippen LogP contribution in [-0.2, 0) is 9.53 Å². The predicted octanol–water partition coefficient (Wildman–Crippen LogP) is 5.86. The lowest BCUT2D eigenvalue weighted by atomic mass is 10.1. The molecule has 0 aliphatic carbocycles. The van der Waals surface area contributed by atoms with Gasteiger partial charge >= 0.3 is 5.97 Å². The van der Waals surface area contributed by atoms with Crippen molar-refractivity contribution in [2.45, 2.75) is 123 Å². The molecule has 0 aromatic carbocycles. The molecule has 0 radical (unpaired) electrons. The maximum atomic E-state index is 9.37. The van der Waals surface area contributed by atoms with Crippen LogP contribution in [-0.4, -0.2) is 37.0 Å². The van der Waals surface area contributed by atoms with Crippen molar-refractivity contribution in [3.05, 3.63) is 0 Å². The fourth-order valence-corrected chi connectivity index (χ4v) is 2.85. The monoisotopic (exact) mass is 402 g/mol. The van der Waals surface area contributed by atoms with E-state index in [1.165, 1.54) is 77.0 Å². The Labute approximate surface area is 175 Å². The van der Waals surface area contributed by atoms with Gasteiger partial charge in [0, 0.05) is 13.0 Å². The van der Waals surface area contributed by atoms with Crippen molar-refractivity contribution in [2.75, 3.05) is 19.7 Å². The van der Waals surface area contributed by atoms with Crippen LogP contribution in [0.25, 0.3) is 0 Å². The minimum atomic E-state index is -0.745. The molecule has 0 fully saturated rings. The standard InChI is InChI=1S/C20H44N2O.C3H6O2/c1-3-5-6-7-8-9-10-11-12-13-14-15-19-23-20(4-2)22-18-16-17-21;1-2-3(4)5/h20,22H,3-19,21H2,1-2H3;2H2,1H3,(H,4,5). The molecule has 0 aromatic heterocycles. The van der Waals surface area contributed by atoms with Gasteiger partial charge in [-0.05, 0) is 32.4 Å². The summed E-state index contributed by atoms with van der Waals surface area (Å²) in [5.74, 6) is -0.745. The molecule has 5 nitrogen and oxygen atoms in total. The molecule has 0 heterocycles. The Bertz CT molecular complexity index is 302. The second kappa shape index (κ2) is 26.4. The summed E-state index contributed by atoms with van der Waals surface area (Å²) in [5.41, 5.74) is 5.50. The Balaban J connectivity index is 0. The summed E-state index contributed by atoms with van der Waals surface area (Å²) in [6.45, 7) is 8.66. The third-order valence-electron chi connectivity index (χ3n) is 4.74. The Morgan fingerprint density at radius 3 is 1.71 bits per heavy atom. The van der Waals surface area contributed by atoms with Crippen LogP contribution < -0.4 is 11.1 Å². The highest BCUT2D eigenvalue weighted by atomic mass is 16.5. The topological polar surface area (TPSA) is 84.6 Å². The zero-order valence-corrected chi connectivity index (χ0v) is 19.1. The van der Waals surface area contributed by atoms with Gasteiger partial charge in [-0.15, -0.1) is 0 Å². The number of carbonyl (C=O) groups is 1.